The summed E-state index contributed by atoms with van der Waals surface area (Å²) < 4.78 is 5.67. The van der Waals surface area contributed by atoms with Gasteiger partial charge in [0.1, 0.15) is 11.8 Å². The van der Waals surface area contributed by atoms with Crippen LogP contribution in [0.1, 0.15) is 30.0 Å². The molecule has 2 aromatic rings. The molecule has 28 heavy (non-hydrogen) atoms. The first-order valence-electron chi connectivity index (χ1n) is 9.31. The number of hydrogen-bond donors (Lipinski definition) is 1. The molecule has 2 rings (SSSR count). The van der Waals surface area contributed by atoms with Crippen molar-refractivity contribution < 1.29 is 14.3 Å². The van der Waals surface area contributed by atoms with Gasteiger partial charge in [-0.2, -0.15) is 0 Å². The fourth-order valence-corrected chi connectivity index (χ4v) is 3.15. The number of carbonyl (C=O) groups excluding carboxylic acids is 2. The van der Waals surface area contributed by atoms with Crippen LogP contribution in [-0.4, -0.2) is 36.4 Å². The van der Waals surface area contributed by atoms with Crippen LogP contribution in [0.5, 0.6) is 5.75 Å². The van der Waals surface area contributed by atoms with Gasteiger partial charge in [-0.05, 0) is 49.6 Å². The number of benzene rings is 2. The summed E-state index contributed by atoms with van der Waals surface area (Å²) in [4.78, 5) is 26.9. The smallest absolute Gasteiger partial charge is 0.261 e. The van der Waals surface area contributed by atoms with E-state index in [4.69, 9.17) is 16.3 Å². The minimum absolute atomic E-state index is 0.152. The highest BCUT2D eigenvalue weighted by Crippen LogP contribution is 2.21. The summed E-state index contributed by atoms with van der Waals surface area (Å²) in [5, 5.41) is 3.29. The van der Waals surface area contributed by atoms with Crippen LogP contribution in [0.25, 0.3) is 0 Å². The summed E-state index contributed by atoms with van der Waals surface area (Å²) in [5.74, 6) is 0.133. The van der Waals surface area contributed by atoms with E-state index in [2.05, 4.69) is 5.32 Å². The van der Waals surface area contributed by atoms with E-state index in [1.807, 2.05) is 45.0 Å². The Kier molecular flexibility index (Phi) is 7.88. The van der Waals surface area contributed by atoms with Crippen molar-refractivity contribution >= 4 is 23.4 Å². The van der Waals surface area contributed by atoms with Crippen LogP contribution >= 0.6 is 11.6 Å². The molecule has 0 aliphatic carbocycles. The number of likely N-dealkylation sites (N-methyl/N-ethyl adjacent to an activating group) is 1. The minimum atomic E-state index is -0.562. The van der Waals surface area contributed by atoms with Crippen molar-refractivity contribution in [1.82, 2.24) is 10.2 Å². The molecule has 1 unspecified atom stereocenters. The number of amides is 2. The molecule has 0 spiro atoms. The van der Waals surface area contributed by atoms with Crippen molar-refractivity contribution in [2.24, 2.45) is 0 Å². The Morgan fingerprint density at radius 1 is 1.18 bits per heavy atom. The second-order valence-corrected chi connectivity index (χ2v) is 7.16. The van der Waals surface area contributed by atoms with Gasteiger partial charge in [0.25, 0.3) is 5.91 Å². The number of halogens is 1. The molecule has 0 aromatic heterocycles. The number of carbonyl (C=O) groups is 2. The van der Waals surface area contributed by atoms with Crippen LogP contribution in [0.15, 0.2) is 42.5 Å². The van der Waals surface area contributed by atoms with Gasteiger partial charge in [-0.1, -0.05) is 48.4 Å². The average Bonchev–Trinajstić information content (AvgIpc) is 2.68. The molecule has 0 bridgehead atoms. The van der Waals surface area contributed by atoms with Gasteiger partial charge in [-0.15, -0.1) is 0 Å². The van der Waals surface area contributed by atoms with Gasteiger partial charge in [-0.3, -0.25) is 9.59 Å². The third kappa shape index (κ3) is 5.73. The van der Waals surface area contributed by atoms with Crippen molar-refractivity contribution in [3.05, 3.63) is 64.2 Å². The van der Waals surface area contributed by atoms with Crippen molar-refractivity contribution in [3.8, 4) is 5.75 Å². The zero-order valence-corrected chi connectivity index (χ0v) is 17.5. The zero-order chi connectivity index (χ0) is 20.7. The number of aryl methyl sites for hydroxylation is 2. The summed E-state index contributed by atoms with van der Waals surface area (Å²) in [5.41, 5.74) is 2.95. The Bertz CT molecular complexity index is 838. The third-order valence-electron chi connectivity index (χ3n) is 4.56. The molecule has 0 fully saturated rings. The SMILES string of the molecule is CCC(C(=O)NC)N(Cc1cccc(C)c1)C(=O)COc1ccc(Cl)c(C)c1. The molecule has 0 saturated heterocycles. The second-order valence-electron chi connectivity index (χ2n) is 6.75. The number of hydrogen-bond acceptors (Lipinski definition) is 3. The lowest BCUT2D eigenvalue weighted by Crippen LogP contribution is -2.49. The molecule has 150 valence electrons. The molecule has 1 N–H and O–H groups in total. The van der Waals surface area contributed by atoms with E-state index in [9.17, 15) is 9.59 Å². The highest BCUT2D eigenvalue weighted by Gasteiger charge is 2.28. The van der Waals surface area contributed by atoms with E-state index in [1.54, 1.807) is 30.1 Å². The first-order valence-corrected chi connectivity index (χ1v) is 9.69. The standard InChI is InChI=1S/C22H27ClN2O3/c1-5-20(22(27)24-4)25(13-17-8-6-7-15(2)11-17)21(26)14-28-18-9-10-19(23)16(3)12-18/h6-12,20H,5,13-14H2,1-4H3,(H,24,27). The summed E-state index contributed by atoms with van der Waals surface area (Å²) in [7, 11) is 1.58. The largest absolute Gasteiger partial charge is 0.484 e. The average molecular weight is 403 g/mol. The van der Waals surface area contributed by atoms with E-state index in [1.165, 1.54) is 0 Å². The fourth-order valence-electron chi connectivity index (χ4n) is 3.03. The lowest BCUT2D eigenvalue weighted by Gasteiger charge is -2.30. The summed E-state index contributed by atoms with van der Waals surface area (Å²) in [6.45, 7) is 5.95. The fraction of sp³-hybridized carbons (Fsp3) is 0.364. The molecular weight excluding hydrogens is 376 g/mol. The number of nitrogens with zero attached hydrogens (tertiary/aromatic N) is 1. The Morgan fingerprint density at radius 2 is 1.93 bits per heavy atom. The lowest BCUT2D eigenvalue weighted by atomic mass is 10.1. The molecule has 0 aliphatic rings. The van der Waals surface area contributed by atoms with Gasteiger partial charge >= 0.3 is 0 Å². The molecule has 1 atom stereocenters. The predicted octanol–water partition coefficient (Wildman–Crippen LogP) is 3.89. The van der Waals surface area contributed by atoms with Crippen molar-refractivity contribution in [1.29, 1.82) is 0 Å². The van der Waals surface area contributed by atoms with Crippen LogP contribution < -0.4 is 10.1 Å². The first kappa shape index (κ1) is 21.8. The topological polar surface area (TPSA) is 58.6 Å². The van der Waals surface area contributed by atoms with Crippen LogP contribution in [0, 0.1) is 13.8 Å². The van der Waals surface area contributed by atoms with Gasteiger partial charge < -0.3 is 15.0 Å². The number of nitrogens with one attached hydrogen (secondary N) is 1. The summed E-state index contributed by atoms with van der Waals surface area (Å²) in [6.07, 6.45) is 0.511. The maximum atomic E-state index is 13.0. The maximum absolute atomic E-state index is 13.0. The van der Waals surface area contributed by atoms with Crippen LogP contribution in [0.3, 0.4) is 0 Å². The van der Waals surface area contributed by atoms with Gasteiger partial charge in [-0.25, -0.2) is 0 Å². The van der Waals surface area contributed by atoms with Gasteiger partial charge in [0, 0.05) is 18.6 Å². The Labute approximate surface area is 171 Å². The summed E-state index contributed by atoms with van der Waals surface area (Å²) in [6, 6.07) is 12.6. The molecule has 5 nitrogen and oxygen atoms in total. The van der Waals surface area contributed by atoms with Crippen LogP contribution in [0.2, 0.25) is 5.02 Å². The zero-order valence-electron chi connectivity index (χ0n) is 16.8. The van der Waals surface area contributed by atoms with E-state index in [0.717, 1.165) is 16.7 Å². The van der Waals surface area contributed by atoms with Crippen LogP contribution in [0.4, 0.5) is 0 Å². The first-order chi connectivity index (χ1) is 13.3. The Hall–Kier alpha value is -2.53. The molecule has 0 saturated carbocycles. The maximum Gasteiger partial charge on any atom is 0.261 e. The quantitative estimate of drug-likeness (QED) is 0.728. The van der Waals surface area contributed by atoms with Crippen LogP contribution in [-0.2, 0) is 16.1 Å². The third-order valence-corrected chi connectivity index (χ3v) is 4.98. The minimum Gasteiger partial charge on any atom is -0.484 e. The molecule has 0 radical (unpaired) electrons. The van der Waals surface area contributed by atoms with Gasteiger partial charge in [0.2, 0.25) is 5.91 Å². The molecule has 0 aliphatic heterocycles. The Balaban J connectivity index is 2.19. The second kappa shape index (κ2) is 10.1. The van der Waals surface area contributed by atoms with E-state index in [0.29, 0.717) is 23.7 Å². The predicted molar refractivity (Wildman–Crippen MR) is 112 cm³/mol. The van der Waals surface area contributed by atoms with E-state index in [-0.39, 0.29) is 18.4 Å². The molecule has 2 amide bonds. The molecule has 6 heteroatoms. The molecule has 2 aromatic carbocycles. The number of ether oxygens (including phenoxy) is 1. The Morgan fingerprint density at radius 3 is 2.54 bits per heavy atom. The monoisotopic (exact) mass is 402 g/mol. The van der Waals surface area contributed by atoms with E-state index < -0.39 is 6.04 Å². The van der Waals surface area contributed by atoms with Crippen molar-refractivity contribution in [3.63, 3.8) is 0 Å². The highest BCUT2D eigenvalue weighted by atomic mass is 35.5. The van der Waals surface area contributed by atoms with Crippen molar-refractivity contribution in [2.45, 2.75) is 39.8 Å². The lowest BCUT2D eigenvalue weighted by molar-refractivity contribution is -0.142. The highest BCUT2D eigenvalue weighted by molar-refractivity contribution is 6.31. The van der Waals surface area contributed by atoms with E-state index >= 15 is 0 Å². The molecule has 0 heterocycles. The van der Waals surface area contributed by atoms with Gasteiger partial charge in [0.05, 0.1) is 0 Å². The molecular formula is C22H27ClN2O3. The normalized spacial score (nSPS) is 11.6. The number of rotatable bonds is 8. The van der Waals surface area contributed by atoms with Crippen molar-refractivity contribution in [2.75, 3.05) is 13.7 Å². The summed E-state index contributed by atoms with van der Waals surface area (Å²) >= 11 is 6.03. The van der Waals surface area contributed by atoms with Gasteiger partial charge in [0.15, 0.2) is 6.61 Å².